The second-order valence-corrected chi connectivity index (χ2v) is 4.07. The predicted molar refractivity (Wildman–Crippen MR) is 59.1 cm³/mol. The van der Waals surface area contributed by atoms with Crippen molar-refractivity contribution in [3.63, 3.8) is 0 Å². The maximum atomic E-state index is 10.5. The lowest BCUT2D eigenvalue weighted by Gasteiger charge is -1.94. The molecule has 17 heavy (non-hydrogen) atoms. The quantitative estimate of drug-likeness (QED) is 0.586. The fourth-order valence-electron chi connectivity index (χ4n) is 1.16. The monoisotopic (exact) mass is 255 g/mol. The van der Waals surface area contributed by atoms with Gasteiger partial charge in [0.1, 0.15) is 17.4 Å². The summed E-state index contributed by atoms with van der Waals surface area (Å²) in [5.74, 6) is 0. The fraction of sp³-hybridized carbons (Fsp3) is 0.375. The molecular formula is C8H9N5O3S. The molecule has 0 amide bonds. The summed E-state index contributed by atoms with van der Waals surface area (Å²) >= 11 is 1.29. The number of hydrogen-bond acceptors (Lipinski definition) is 7. The largest absolute Gasteiger partial charge is 0.469 e. The Morgan fingerprint density at radius 3 is 3.06 bits per heavy atom. The molecule has 2 aromatic heterocycles. The zero-order valence-corrected chi connectivity index (χ0v) is 9.75. The van der Waals surface area contributed by atoms with E-state index in [1.807, 2.05) is 6.92 Å². The van der Waals surface area contributed by atoms with Crippen LogP contribution < -0.4 is 4.74 Å². The topological polar surface area (TPSA) is 96.0 Å². The number of nitrogens with zero attached hydrogens (tertiary/aromatic N) is 5. The molecule has 2 rings (SSSR count). The minimum absolute atomic E-state index is 0.0421. The Balaban J connectivity index is 2.05. The van der Waals surface area contributed by atoms with E-state index in [2.05, 4.69) is 15.3 Å². The van der Waals surface area contributed by atoms with Crippen molar-refractivity contribution in [1.29, 1.82) is 0 Å². The van der Waals surface area contributed by atoms with Crippen LogP contribution in [0.15, 0.2) is 12.4 Å². The van der Waals surface area contributed by atoms with E-state index in [-0.39, 0.29) is 5.69 Å². The van der Waals surface area contributed by atoms with E-state index in [4.69, 9.17) is 4.74 Å². The van der Waals surface area contributed by atoms with Crippen LogP contribution in [0.5, 0.6) is 5.19 Å². The first-order valence-corrected chi connectivity index (χ1v) is 5.62. The van der Waals surface area contributed by atoms with Crippen molar-refractivity contribution >= 4 is 17.0 Å². The van der Waals surface area contributed by atoms with Crippen LogP contribution in [0.1, 0.15) is 11.9 Å². The lowest BCUT2D eigenvalue weighted by molar-refractivity contribution is -0.385. The molecule has 0 aromatic carbocycles. The summed E-state index contributed by atoms with van der Waals surface area (Å²) < 4.78 is 6.61. The number of ether oxygens (including phenoxy) is 1. The van der Waals surface area contributed by atoms with E-state index in [9.17, 15) is 10.1 Å². The first-order chi connectivity index (χ1) is 8.19. The molecule has 0 radical (unpaired) electrons. The highest BCUT2D eigenvalue weighted by Gasteiger charge is 2.11. The Morgan fingerprint density at radius 1 is 1.59 bits per heavy atom. The standard InChI is InChI=1S/C8H9N5O3S/c1-2-16-8-11-10-7(17-8)5-12-4-6(3-9-12)13(14)15/h3-4H,2,5H2,1H3. The van der Waals surface area contributed by atoms with Gasteiger partial charge in [-0.3, -0.25) is 14.8 Å². The van der Waals surface area contributed by atoms with Crippen molar-refractivity contribution in [2.24, 2.45) is 0 Å². The van der Waals surface area contributed by atoms with Crippen LogP contribution in [0.2, 0.25) is 0 Å². The molecule has 8 nitrogen and oxygen atoms in total. The van der Waals surface area contributed by atoms with Crippen molar-refractivity contribution in [2.45, 2.75) is 13.5 Å². The Bertz CT molecular complexity index is 523. The smallest absolute Gasteiger partial charge is 0.307 e. The highest BCUT2D eigenvalue weighted by molar-refractivity contribution is 7.13. The minimum atomic E-state index is -0.491. The molecular weight excluding hydrogens is 246 g/mol. The van der Waals surface area contributed by atoms with Crippen LogP contribution in [-0.4, -0.2) is 31.5 Å². The van der Waals surface area contributed by atoms with Gasteiger partial charge in [0.05, 0.1) is 18.1 Å². The zero-order valence-electron chi connectivity index (χ0n) is 8.94. The second-order valence-electron chi connectivity index (χ2n) is 3.05. The molecule has 2 aromatic rings. The lowest BCUT2D eigenvalue weighted by atomic mass is 10.6. The average Bonchev–Trinajstić information content (AvgIpc) is 2.89. The molecule has 0 saturated carbocycles. The maximum Gasteiger partial charge on any atom is 0.307 e. The van der Waals surface area contributed by atoms with Gasteiger partial charge < -0.3 is 4.74 Å². The van der Waals surface area contributed by atoms with Gasteiger partial charge in [-0.15, -0.1) is 5.10 Å². The summed E-state index contributed by atoms with van der Waals surface area (Å²) in [7, 11) is 0. The van der Waals surface area contributed by atoms with Crippen LogP contribution in [0.3, 0.4) is 0 Å². The molecule has 0 bridgehead atoms. The summed E-state index contributed by atoms with van der Waals surface area (Å²) in [5.41, 5.74) is -0.0421. The van der Waals surface area contributed by atoms with E-state index >= 15 is 0 Å². The summed E-state index contributed by atoms with van der Waals surface area (Å²) in [6.07, 6.45) is 2.55. The molecule has 2 heterocycles. The van der Waals surface area contributed by atoms with Gasteiger partial charge in [0.25, 0.3) is 5.19 Å². The van der Waals surface area contributed by atoms with Crippen LogP contribution in [-0.2, 0) is 6.54 Å². The molecule has 9 heteroatoms. The first kappa shape index (κ1) is 11.5. The number of rotatable bonds is 5. The van der Waals surface area contributed by atoms with Crippen LogP contribution >= 0.6 is 11.3 Å². The molecule has 0 fully saturated rings. The van der Waals surface area contributed by atoms with Crippen LogP contribution in [0.25, 0.3) is 0 Å². The van der Waals surface area contributed by atoms with Crippen molar-refractivity contribution in [3.8, 4) is 5.19 Å². The normalized spacial score (nSPS) is 10.4. The molecule has 0 aliphatic rings. The fourth-order valence-corrected chi connectivity index (χ4v) is 1.89. The molecule has 0 N–H and O–H groups in total. The average molecular weight is 255 g/mol. The van der Waals surface area contributed by atoms with Gasteiger partial charge in [0.15, 0.2) is 0 Å². The third kappa shape index (κ3) is 2.75. The predicted octanol–water partition coefficient (Wildman–Crippen LogP) is 1.09. The van der Waals surface area contributed by atoms with Crippen LogP contribution in [0.4, 0.5) is 5.69 Å². The molecule has 90 valence electrons. The second kappa shape index (κ2) is 4.87. The number of nitro groups is 1. The van der Waals surface area contributed by atoms with E-state index in [0.717, 1.165) is 0 Å². The van der Waals surface area contributed by atoms with E-state index in [1.165, 1.54) is 28.4 Å². The lowest BCUT2D eigenvalue weighted by Crippen LogP contribution is -1.99. The Morgan fingerprint density at radius 2 is 2.41 bits per heavy atom. The van der Waals surface area contributed by atoms with Crippen molar-refractivity contribution in [3.05, 3.63) is 27.5 Å². The molecule has 0 spiro atoms. The van der Waals surface area contributed by atoms with Crippen molar-refractivity contribution in [2.75, 3.05) is 6.61 Å². The maximum absolute atomic E-state index is 10.5. The van der Waals surface area contributed by atoms with Crippen molar-refractivity contribution in [1.82, 2.24) is 20.0 Å². The van der Waals surface area contributed by atoms with Crippen LogP contribution in [0, 0.1) is 10.1 Å². The summed E-state index contributed by atoms with van der Waals surface area (Å²) in [4.78, 5) is 9.97. The zero-order chi connectivity index (χ0) is 12.3. The first-order valence-electron chi connectivity index (χ1n) is 4.81. The van der Waals surface area contributed by atoms with Gasteiger partial charge in [0, 0.05) is 0 Å². The van der Waals surface area contributed by atoms with E-state index < -0.39 is 4.92 Å². The van der Waals surface area contributed by atoms with Gasteiger partial charge in [0.2, 0.25) is 0 Å². The van der Waals surface area contributed by atoms with Gasteiger partial charge in [-0.1, -0.05) is 16.4 Å². The van der Waals surface area contributed by atoms with Gasteiger partial charge in [-0.05, 0) is 6.92 Å². The molecule has 0 atom stereocenters. The third-order valence-corrected chi connectivity index (χ3v) is 2.66. The number of aromatic nitrogens is 4. The Labute approximate surface area is 100 Å². The third-order valence-electron chi connectivity index (χ3n) is 1.84. The van der Waals surface area contributed by atoms with E-state index in [0.29, 0.717) is 23.4 Å². The summed E-state index contributed by atoms with van der Waals surface area (Å²) in [6, 6.07) is 0. The molecule has 0 saturated heterocycles. The highest BCUT2D eigenvalue weighted by atomic mass is 32.1. The highest BCUT2D eigenvalue weighted by Crippen LogP contribution is 2.19. The SMILES string of the molecule is CCOc1nnc(Cn2cc([N+](=O)[O-])cn2)s1. The van der Waals surface area contributed by atoms with Crippen molar-refractivity contribution < 1.29 is 9.66 Å². The van der Waals surface area contributed by atoms with Gasteiger partial charge in [-0.25, -0.2) is 0 Å². The molecule has 0 unspecified atom stereocenters. The Kier molecular flexibility index (Phi) is 3.28. The molecule has 0 aliphatic heterocycles. The van der Waals surface area contributed by atoms with E-state index in [1.54, 1.807) is 0 Å². The minimum Gasteiger partial charge on any atom is -0.469 e. The number of hydrogen-bond donors (Lipinski definition) is 0. The summed E-state index contributed by atoms with van der Waals surface area (Å²) in [6.45, 7) is 2.73. The summed E-state index contributed by atoms with van der Waals surface area (Å²) in [5, 5.41) is 23.2. The molecule has 0 aliphatic carbocycles. The van der Waals surface area contributed by atoms with Gasteiger partial charge in [-0.2, -0.15) is 5.10 Å². The van der Waals surface area contributed by atoms with Gasteiger partial charge >= 0.3 is 5.69 Å². The Hall–Kier alpha value is -2.03.